The molecular formula is C12H9N3O2S. The molecule has 3 aromatic heterocycles. The summed E-state index contributed by atoms with van der Waals surface area (Å²) in [7, 11) is 0. The molecule has 0 aliphatic rings. The Kier molecular flexibility index (Phi) is 2.38. The molecule has 6 heteroatoms. The molecule has 0 atom stereocenters. The number of carboxylic acids is 1. The highest BCUT2D eigenvalue weighted by Gasteiger charge is 2.12. The number of hydrogen-bond donors (Lipinski definition) is 1. The lowest BCUT2D eigenvalue weighted by Gasteiger charge is -1.99. The largest absolute Gasteiger partial charge is 0.477 e. The Morgan fingerprint density at radius 1 is 1.44 bits per heavy atom. The van der Waals surface area contributed by atoms with E-state index in [0.717, 1.165) is 16.3 Å². The molecule has 0 aliphatic heterocycles. The number of aryl methyl sites for hydroxylation is 1. The fourth-order valence-corrected chi connectivity index (χ4v) is 2.46. The summed E-state index contributed by atoms with van der Waals surface area (Å²) in [5.74, 6) is -1.03. The number of rotatable bonds is 2. The molecule has 3 aromatic rings. The molecule has 0 bridgehead atoms. The van der Waals surface area contributed by atoms with E-state index in [-0.39, 0.29) is 5.69 Å². The maximum atomic E-state index is 10.9. The standard InChI is InChI=1S/C12H9N3O2S/c1-7-5-9(12(16)17)13-11-6-8(14-15(7)11)10-3-2-4-18-10/h2-6H,1H3,(H,16,17). The number of aromatic nitrogens is 3. The van der Waals surface area contributed by atoms with Crippen molar-refractivity contribution in [2.75, 3.05) is 0 Å². The van der Waals surface area contributed by atoms with Crippen LogP contribution in [0.1, 0.15) is 16.2 Å². The van der Waals surface area contributed by atoms with Gasteiger partial charge >= 0.3 is 5.97 Å². The first-order valence-electron chi connectivity index (χ1n) is 5.30. The summed E-state index contributed by atoms with van der Waals surface area (Å²) in [6.45, 7) is 1.81. The molecular weight excluding hydrogens is 250 g/mol. The van der Waals surface area contributed by atoms with Crippen LogP contribution >= 0.6 is 11.3 Å². The second kappa shape index (κ2) is 3.92. The Morgan fingerprint density at radius 3 is 2.94 bits per heavy atom. The molecule has 0 fully saturated rings. The van der Waals surface area contributed by atoms with Crippen molar-refractivity contribution < 1.29 is 9.90 Å². The molecule has 0 unspecified atom stereocenters. The van der Waals surface area contributed by atoms with E-state index in [4.69, 9.17) is 5.11 Å². The van der Waals surface area contributed by atoms with Crippen LogP contribution in [-0.2, 0) is 0 Å². The molecule has 5 nitrogen and oxygen atoms in total. The van der Waals surface area contributed by atoms with Crippen molar-refractivity contribution in [3.63, 3.8) is 0 Å². The summed E-state index contributed by atoms with van der Waals surface area (Å²) in [6.07, 6.45) is 0. The van der Waals surface area contributed by atoms with E-state index in [9.17, 15) is 4.79 Å². The van der Waals surface area contributed by atoms with Crippen molar-refractivity contribution >= 4 is 23.0 Å². The number of hydrogen-bond acceptors (Lipinski definition) is 4. The Labute approximate surface area is 106 Å². The molecule has 0 saturated heterocycles. The van der Waals surface area contributed by atoms with Gasteiger partial charge in [0.25, 0.3) is 0 Å². The molecule has 0 amide bonds. The molecule has 1 N–H and O–H groups in total. The van der Waals surface area contributed by atoms with Crippen molar-refractivity contribution in [1.29, 1.82) is 0 Å². The number of carbonyl (C=O) groups is 1. The third kappa shape index (κ3) is 1.67. The zero-order chi connectivity index (χ0) is 12.7. The predicted molar refractivity (Wildman–Crippen MR) is 68.0 cm³/mol. The summed E-state index contributed by atoms with van der Waals surface area (Å²) in [4.78, 5) is 16.1. The van der Waals surface area contributed by atoms with Gasteiger partial charge in [-0.05, 0) is 24.4 Å². The summed E-state index contributed by atoms with van der Waals surface area (Å²) >= 11 is 1.59. The van der Waals surface area contributed by atoms with E-state index in [0.29, 0.717) is 5.65 Å². The molecule has 0 spiro atoms. The lowest BCUT2D eigenvalue weighted by atomic mass is 10.3. The van der Waals surface area contributed by atoms with E-state index in [1.54, 1.807) is 21.9 Å². The van der Waals surface area contributed by atoms with Crippen LogP contribution in [-0.4, -0.2) is 25.7 Å². The zero-order valence-corrected chi connectivity index (χ0v) is 10.3. The van der Waals surface area contributed by atoms with Gasteiger partial charge in [-0.25, -0.2) is 14.3 Å². The summed E-state index contributed by atoms with van der Waals surface area (Å²) < 4.78 is 1.65. The highest BCUT2D eigenvalue weighted by molar-refractivity contribution is 7.13. The Balaban J connectivity index is 2.23. The Bertz CT molecular complexity index is 731. The van der Waals surface area contributed by atoms with E-state index >= 15 is 0 Å². The van der Waals surface area contributed by atoms with E-state index in [2.05, 4.69) is 10.1 Å². The Morgan fingerprint density at radius 2 is 2.28 bits per heavy atom. The molecule has 0 saturated carbocycles. The van der Waals surface area contributed by atoms with Gasteiger partial charge in [-0.15, -0.1) is 11.3 Å². The highest BCUT2D eigenvalue weighted by Crippen LogP contribution is 2.24. The minimum atomic E-state index is -1.03. The molecule has 0 aliphatic carbocycles. The number of nitrogens with zero attached hydrogens (tertiary/aromatic N) is 3. The van der Waals surface area contributed by atoms with Crippen LogP contribution in [0.25, 0.3) is 16.2 Å². The van der Waals surface area contributed by atoms with Crippen LogP contribution in [0.3, 0.4) is 0 Å². The number of carboxylic acid groups (broad SMARTS) is 1. The minimum Gasteiger partial charge on any atom is -0.477 e. The van der Waals surface area contributed by atoms with E-state index < -0.39 is 5.97 Å². The lowest BCUT2D eigenvalue weighted by Crippen LogP contribution is -2.05. The first-order chi connectivity index (χ1) is 8.65. The lowest BCUT2D eigenvalue weighted by molar-refractivity contribution is 0.0690. The van der Waals surface area contributed by atoms with Gasteiger partial charge in [0, 0.05) is 11.8 Å². The third-order valence-electron chi connectivity index (χ3n) is 2.60. The Hall–Kier alpha value is -2.21. The zero-order valence-electron chi connectivity index (χ0n) is 9.49. The molecule has 90 valence electrons. The maximum absolute atomic E-state index is 10.9. The normalized spacial score (nSPS) is 10.9. The fraction of sp³-hybridized carbons (Fsp3) is 0.0833. The van der Waals surface area contributed by atoms with Crippen molar-refractivity contribution in [1.82, 2.24) is 14.6 Å². The first-order valence-corrected chi connectivity index (χ1v) is 6.18. The van der Waals surface area contributed by atoms with Gasteiger partial charge in [0.2, 0.25) is 0 Å². The van der Waals surface area contributed by atoms with Gasteiger partial charge in [0.1, 0.15) is 5.69 Å². The minimum absolute atomic E-state index is 0.0395. The van der Waals surface area contributed by atoms with Crippen LogP contribution in [0, 0.1) is 6.92 Å². The molecule has 0 radical (unpaired) electrons. The average Bonchev–Trinajstić information content (AvgIpc) is 2.96. The van der Waals surface area contributed by atoms with Gasteiger partial charge in [-0.3, -0.25) is 0 Å². The quantitative estimate of drug-likeness (QED) is 0.767. The van der Waals surface area contributed by atoms with Crippen LogP contribution in [0.15, 0.2) is 29.6 Å². The summed E-state index contributed by atoms with van der Waals surface area (Å²) in [5.41, 5.74) is 2.15. The van der Waals surface area contributed by atoms with Gasteiger partial charge in [0.05, 0.1) is 4.88 Å². The third-order valence-corrected chi connectivity index (χ3v) is 3.49. The van der Waals surface area contributed by atoms with Gasteiger partial charge in [-0.2, -0.15) is 5.10 Å². The number of fused-ring (bicyclic) bond motifs is 1. The predicted octanol–water partition coefficient (Wildman–Crippen LogP) is 2.46. The van der Waals surface area contributed by atoms with E-state index in [1.165, 1.54) is 6.07 Å². The van der Waals surface area contributed by atoms with Crippen LogP contribution in [0.4, 0.5) is 0 Å². The van der Waals surface area contributed by atoms with Crippen molar-refractivity contribution in [2.24, 2.45) is 0 Å². The smallest absolute Gasteiger partial charge is 0.354 e. The number of aromatic carboxylic acids is 1. The molecule has 0 aromatic carbocycles. The second-order valence-corrected chi connectivity index (χ2v) is 4.81. The second-order valence-electron chi connectivity index (χ2n) is 3.86. The van der Waals surface area contributed by atoms with Crippen molar-refractivity contribution in [3.05, 3.63) is 41.0 Å². The van der Waals surface area contributed by atoms with Gasteiger partial charge in [0.15, 0.2) is 11.3 Å². The highest BCUT2D eigenvalue weighted by atomic mass is 32.1. The SMILES string of the molecule is Cc1cc(C(=O)O)nc2cc(-c3cccs3)nn12. The molecule has 18 heavy (non-hydrogen) atoms. The van der Waals surface area contributed by atoms with Gasteiger partial charge in [-0.1, -0.05) is 6.07 Å². The summed E-state index contributed by atoms with van der Waals surface area (Å²) in [6, 6.07) is 7.23. The first kappa shape index (κ1) is 10.9. The maximum Gasteiger partial charge on any atom is 0.354 e. The average molecular weight is 259 g/mol. The fourth-order valence-electron chi connectivity index (χ4n) is 1.78. The van der Waals surface area contributed by atoms with Crippen molar-refractivity contribution in [3.8, 4) is 10.6 Å². The van der Waals surface area contributed by atoms with Crippen molar-refractivity contribution in [2.45, 2.75) is 6.92 Å². The van der Waals surface area contributed by atoms with Crippen LogP contribution in [0.5, 0.6) is 0 Å². The van der Waals surface area contributed by atoms with Crippen LogP contribution < -0.4 is 0 Å². The van der Waals surface area contributed by atoms with Gasteiger partial charge < -0.3 is 5.11 Å². The van der Waals surface area contributed by atoms with Crippen LogP contribution in [0.2, 0.25) is 0 Å². The monoisotopic (exact) mass is 259 g/mol. The topological polar surface area (TPSA) is 67.5 Å². The van der Waals surface area contributed by atoms with E-state index in [1.807, 2.05) is 24.4 Å². The number of thiophene rings is 1. The summed E-state index contributed by atoms with van der Waals surface area (Å²) in [5, 5.41) is 15.4. The molecule has 3 rings (SSSR count). The molecule has 3 heterocycles.